The fraction of sp³-hybridized carbons (Fsp3) is 0.278. The van der Waals surface area contributed by atoms with Gasteiger partial charge in [-0.25, -0.2) is 0 Å². The van der Waals surface area contributed by atoms with Gasteiger partial charge in [0.05, 0.1) is 13.2 Å². The molecule has 0 spiro atoms. The highest BCUT2D eigenvalue weighted by atomic mass is 16.5. The summed E-state index contributed by atoms with van der Waals surface area (Å²) in [4.78, 5) is 12.2. The monoisotopic (exact) mass is 299 g/mol. The third kappa shape index (κ3) is 4.09. The van der Waals surface area contributed by atoms with Crippen molar-refractivity contribution < 1.29 is 14.6 Å². The summed E-state index contributed by atoms with van der Waals surface area (Å²) in [6.07, 6.45) is 0.115. The highest BCUT2D eigenvalue weighted by Gasteiger charge is 2.11. The topological polar surface area (TPSA) is 58.6 Å². The van der Waals surface area contributed by atoms with E-state index in [4.69, 9.17) is 4.74 Å². The van der Waals surface area contributed by atoms with Gasteiger partial charge in [-0.05, 0) is 37.1 Å². The smallest absolute Gasteiger partial charge is 0.251 e. The first-order valence-corrected chi connectivity index (χ1v) is 7.31. The number of methoxy groups -OCH3 is 1. The Hall–Kier alpha value is -2.33. The molecule has 2 aromatic rings. The fourth-order valence-electron chi connectivity index (χ4n) is 2.19. The van der Waals surface area contributed by atoms with Crippen molar-refractivity contribution in [3.8, 4) is 16.9 Å². The van der Waals surface area contributed by atoms with Crippen LogP contribution in [0.5, 0.6) is 5.75 Å². The lowest BCUT2D eigenvalue weighted by Crippen LogP contribution is -2.26. The minimum atomic E-state index is -0.420. The van der Waals surface area contributed by atoms with Gasteiger partial charge >= 0.3 is 0 Å². The van der Waals surface area contributed by atoms with E-state index in [0.717, 1.165) is 16.9 Å². The lowest BCUT2D eigenvalue weighted by atomic mass is 10.0. The van der Waals surface area contributed by atoms with E-state index in [0.29, 0.717) is 18.5 Å². The van der Waals surface area contributed by atoms with Crippen LogP contribution in [-0.2, 0) is 0 Å². The van der Waals surface area contributed by atoms with Crippen LogP contribution in [0.4, 0.5) is 0 Å². The Labute approximate surface area is 130 Å². The average molecular weight is 299 g/mol. The molecule has 2 rings (SSSR count). The SMILES string of the molecule is COc1ccc(C(=O)NCCC(C)O)cc1-c1ccccc1. The van der Waals surface area contributed by atoms with Gasteiger partial charge in [0.2, 0.25) is 0 Å². The van der Waals surface area contributed by atoms with Crippen LogP contribution in [0.25, 0.3) is 11.1 Å². The maximum absolute atomic E-state index is 12.2. The van der Waals surface area contributed by atoms with Gasteiger partial charge in [0.1, 0.15) is 5.75 Å². The van der Waals surface area contributed by atoms with Crippen LogP contribution in [-0.4, -0.2) is 30.8 Å². The number of aliphatic hydroxyl groups is 1. The van der Waals surface area contributed by atoms with Crippen molar-refractivity contribution in [2.24, 2.45) is 0 Å². The molecule has 0 aromatic heterocycles. The predicted molar refractivity (Wildman–Crippen MR) is 87.1 cm³/mol. The van der Waals surface area contributed by atoms with E-state index >= 15 is 0 Å². The van der Waals surface area contributed by atoms with Gasteiger partial charge in [-0.2, -0.15) is 0 Å². The first-order valence-electron chi connectivity index (χ1n) is 7.31. The minimum Gasteiger partial charge on any atom is -0.496 e. The minimum absolute atomic E-state index is 0.152. The largest absolute Gasteiger partial charge is 0.496 e. The van der Waals surface area contributed by atoms with E-state index in [2.05, 4.69) is 5.32 Å². The van der Waals surface area contributed by atoms with Crippen molar-refractivity contribution in [1.29, 1.82) is 0 Å². The van der Waals surface area contributed by atoms with Gasteiger partial charge in [0.25, 0.3) is 5.91 Å². The number of amides is 1. The Bertz CT molecular complexity index is 623. The molecule has 0 aliphatic heterocycles. The molecule has 2 aromatic carbocycles. The zero-order chi connectivity index (χ0) is 15.9. The second-order valence-electron chi connectivity index (χ2n) is 5.17. The molecule has 2 N–H and O–H groups in total. The average Bonchev–Trinajstić information content (AvgIpc) is 2.54. The Morgan fingerprint density at radius 3 is 2.59 bits per heavy atom. The summed E-state index contributed by atoms with van der Waals surface area (Å²) < 4.78 is 5.38. The molecule has 0 saturated heterocycles. The molecule has 22 heavy (non-hydrogen) atoms. The van der Waals surface area contributed by atoms with Crippen molar-refractivity contribution >= 4 is 5.91 Å². The van der Waals surface area contributed by atoms with Gasteiger partial charge in [-0.3, -0.25) is 4.79 Å². The summed E-state index contributed by atoms with van der Waals surface area (Å²) in [7, 11) is 1.62. The van der Waals surface area contributed by atoms with E-state index in [1.807, 2.05) is 36.4 Å². The van der Waals surface area contributed by atoms with E-state index in [1.54, 1.807) is 26.2 Å². The molecule has 0 fully saturated rings. The summed E-state index contributed by atoms with van der Waals surface area (Å²) >= 11 is 0. The summed E-state index contributed by atoms with van der Waals surface area (Å²) in [5, 5.41) is 12.0. The summed E-state index contributed by atoms with van der Waals surface area (Å²) in [6.45, 7) is 2.15. The molecule has 0 saturated carbocycles. The molecule has 4 nitrogen and oxygen atoms in total. The number of benzene rings is 2. The maximum Gasteiger partial charge on any atom is 0.251 e. The second kappa shape index (κ2) is 7.61. The summed E-state index contributed by atoms with van der Waals surface area (Å²) in [6, 6.07) is 15.2. The molecule has 0 radical (unpaired) electrons. The Morgan fingerprint density at radius 2 is 1.95 bits per heavy atom. The standard InChI is InChI=1S/C18H21NO3/c1-13(20)10-11-19-18(21)15-8-9-17(22-2)16(12-15)14-6-4-3-5-7-14/h3-9,12-13,20H,10-11H2,1-2H3,(H,19,21). The molecule has 0 aliphatic carbocycles. The van der Waals surface area contributed by atoms with Crippen LogP contribution < -0.4 is 10.1 Å². The van der Waals surface area contributed by atoms with Crippen molar-refractivity contribution in [3.63, 3.8) is 0 Å². The molecule has 116 valence electrons. The molecule has 0 bridgehead atoms. The number of hydrogen-bond donors (Lipinski definition) is 2. The second-order valence-corrected chi connectivity index (χ2v) is 5.17. The van der Waals surface area contributed by atoms with Crippen LogP contribution in [0.15, 0.2) is 48.5 Å². The van der Waals surface area contributed by atoms with Crippen LogP contribution >= 0.6 is 0 Å². The van der Waals surface area contributed by atoms with Gasteiger partial charge in [-0.15, -0.1) is 0 Å². The molecule has 0 aliphatic rings. The molecule has 0 heterocycles. The number of carbonyl (C=O) groups is 1. The lowest BCUT2D eigenvalue weighted by Gasteiger charge is -2.12. The number of nitrogens with one attached hydrogen (secondary N) is 1. The fourth-order valence-corrected chi connectivity index (χ4v) is 2.19. The third-order valence-corrected chi connectivity index (χ3v) is 3.39. The zero-order valence-corrected chi connectivity index (χ0v) is 12.9. The number of ether oxygens (including phenoxy) is 1. The maximum atomic E-state index is 12.2. The van der Waals surface area contributed by atoms with Crippen LogP contribution in [0.2, 0.25) is 0 Å². The highest BCUT2D eigenvalue weighted by molar-refractivity contribution is 5.96. The molecule has 1 atom stereocenters. The quantitative estimate of drug-likeness (QED) is 0.862. The normalized spacial score (nSPS) is 11.8. The number of aliphatic hydroxyl groups excluding tert-OH is 1. The highest BCUT2D eigenvalue weighted by Crippen LogP contribution is 2.30. The van der Waals surface area contributed by atoms with Crippen molar-refractivity contribution in [3.05, 3.63) is 54.1 Å². The molecular formula is C18H21NO3. The zero-order valence-electron chi connectivity index (χ0n) is 12.9. The Balaban J connectivity index is 2.22. The Morgan fingerprint density at radius 1 is 1.23 bits per heavy atom. The van der Waals surface area contributed by atoms with Crippen LogP contribution in [0, 0.1) is 0 Å². The molecular weight excluding hydrogens is 278 g/mol. The third-order valence-electron chi connectivity index (χ3n) is 3.39. The van der Waals surface area contributed by atoms with Crippen molar-refractivity contribution in [2.75, 3.05) is 13.7 Å². The number of hydrogen-bond acceptors (Lipinski definition) is 3. The number of rotatable bonds is 6. The van der Waals surface area contributed by atoms with Crippen molar-refractivity contribution in [1.82, 2.24) is 5.32 Å². The van der Waals surface area contributed by atoms with Gasteiger partial charge in [-0.1, -0.05) is 30.3 Å². The molecule has 4 heteroatoms. The lowest BCUT2D eigenvalue weighted by molar-refractivity contribution is 0.0945. The van der Waals surface area contributed by atoms with Gasteiger partial charge in [0, 0.05) is 17.7 Å². The molecule has 1 amide bonds. The van der Waals surface area contributed by atoms with Crippen LogP contribution in [0.3, 0.4) is 0 Å². The predicted octanol–water partition coefficient (Wildman–Crippen LogP) is 2.86. The van der Waals surface area contributed by atoms with Crippen molar-refractivity contribution in [2.45, 2.75) is 19.4 Å². The van der Waals surface area contributed by atoms with E-state index < -0.39 is 6.10 Å². The number of carbonyl (C=O) groups excluding carboxylic acids is 1. The Kier molecular flexibility index (Phi) is 5.55. The summed E-state index contributed by atoms with van der Waals surface area (Å²) in [5.41, 5.74) is 2.45. The van der Waals surface area contributed by atoms with E-state index in [1.165, 1.54) is 0 Å². The van der Waals surface area contributed by atoms with Crippen LogP contribution in [0.1, 0.15) is 23.7 Å². The summed E-state index contributed by atoms with van der Waals surface area (Å²) in [5.74, 6) is 0.576. The van der Waals surface area contributed by atoms with Gasteiger partial charge < -0.3 is 15.2 Å². The first-order chi connectivity index (χ1) is 10.6. The first kappa shape index (κ1) is 16.0. The molecule has 1 unspecified atom stereocenters. The van der Waals surface area contributed by atoms with E-state index in [9.17, 15) is 9.90 Å². The van der Waals surface area contributed by atoms with Gasteiger partial charge in [0.15, 0.2) is 0 Å². The van der Waals surface area contributed by atoms with E-state index in [-0.39, 0.29) is 5.91 Å².